The Kier molecular flexibility index (Phi) is 3.61. The summed E-state index contributed by atoms with van der Waals surface area (Å²) in [4.78, 5) is 12.6. The Bertz CT molecular complexity index is 1200. The van der Waals surface area contributed by atoms with E-state index in [1.165, 1.54) is 0 Å². The summed E-state index contributed by atoms with van der Waals surface area (Å²) in [5.41, 5.74) is 3.30. The molecule has 0 unspecified atom stereocenters. The summed E-state index contributed by atoms with van der Waals surface area (Å²) in [7, 11) is 0. The first kappa shape index (κ1) is 15.9. The van der Waals surface area contributed by atoms with Crippen molar-refractivity contribution in [2.45, 2.75) is 6.04 Å². The third-order valence-corrected chi connectivity index (χ3v) is 4.97. The number of hydrogen-bond donors (Lipinski definition) is 2. The molecule has 1 aliphatic rings. The number of H-pyrrole nitrogens is 1. The molecule has 2 aromatic heterocycles. The highest BCUT2D eigenvalue weighted by Gasteiger charge is 2.34. The third-order valence-electron chi connectivity index (χ3n) is 4.48. The molecule has 1 atom stereocenters. The smallest absolute Gasteiger partial charge is 0.288 e. The van der Waals surface area contributed by atoms with Crippen LogP contribution in [0.15, 0.2) is 63.9 Å². The number of halogens is 1. The van der Waals surface area contributed by atoms with Gasteiger partial charge in [-0.05, 0) is 28.1 Å². The molecular weight excluding hydrogens is 410 g/mol. The van der Waals surface area contributed by atoms with Crippen molar-refractivity contribution in [3.05, 3.63) is 80.6 Å². The molecule has 5 rings (SSSR count). The minimum absolute atomic E-state index is 0.320. The minimum atomic E-state index is -0.395. The van der Waals surface area contributed by atoms with Crippen LogP contribution in [0.25, 0.3) is 11.3 Å². The van der Waals surface area contributed by atoms with Crippen molar-refractivity contribution in [2.75, 3.05) is 5.32 Å². The molecule has 8 nitrogen and oxygen atoms in total. The van der Waals surface area contributed by atoms with Crippen molar-refractivity contribution in [3.8, 4) is 11.3 Å². The Morgan fingerprint density at radius 2 is 1.93 bits per heavy atom. The molecule has 4 aromatic rings. The molecule has 3 heterocycles. The Labute approximate surface area is 161 Å². The molecule has 0 saturated heterocycles. The van der Waals surface area contributed by atoms with Crippen LogP contribution in [0.5, 0.6) is 0 Å². The van der Waals surface area contributed by atoms with E-state index in [4.69, 9.17) is 0 Å². The maximum Gasteiger partial charge on any atom is 0.288 e. The molecule has 0 spiro atoms. The van der Waals surface area contributed by atoms with E-state index in [0.717, 1.165) is 21.2 Å². The van der Waals surface area contributed by atoms with Gasteiger partial charge in [0.05, 0.1) is 5.69 Å². The summed E-state index contributed by atoms with van der Waals surface area (Å²) in [6.45, 7) is 0. The predicted octanol–water partition coefficient (Wildman–Crippen LogP) is 2.88. The van der Waals surface area contributed by atoms with Gasteiger partial charge >= 0.3 is 0 Å². The molecule has 0 aliphatic carbocycles. The van der Waals surface area contributed by atoms with Crippen LogP contribution >= 0.6 is 15.9 Å². The lowest BCUT2D eigenvalue weighted by Gasteiger charge is -2.27. The summed E-state index contributed by atoms with van der Waals surface area (Å²) >= 11 is 3.52. The van der Waals surface area contributed by atoms with Crippen LogP contribution in [0, 0.1) is 0 Å². The second-order valence-electron chi connectivity index (χ2n) is 6.09. The van der Waals surface area contributed by atoms with E-state index in [1.54, 1.807) is 4.68 Å². The fourth-order valence-corrected chi connectivity index (χ4v) is 3.76. The quantitative estimate of drug-likeness (QED) is 0.454. The highest BCUT2D eigenvalue weighted by Crippen LogP contribution is 2.41. The predicted molar refractivity (Wildman–Crippen MR) is 103 cm³/mol. The zero-order valence-electron chi connectivity index (χ0n) is 13.8. The van der Waals surface area contributed by atoms with Crippen LogP contribution in [0.4, 0.5) is 11.6 Å². The van der Waals surface area contributed by atoms with Gasteiger partial charge in [-0.1, -0.05) is 63.5 Å². The lowest BCUT2D eigenvalue weighted by atomic mass is 9.92. The van der Waals surface area contributed by atoms with Crippen LogP contribution < -0.4 is 10.9 Å². The average molecular weight is 422 g/mol. The largest absolute Gasteiger partial charge is 0.318 e. The van der Waals surface area contributed by atoms with Crippen LogP contribution in [-0.4, -0.2) is 30.4 Å². The Hall–Kier alpha value is -3.33. The van der Waals surface area contributed by atoms with Gasteiger partial charge < -0.3 is 5.32 Å². The maximum absolute atomic E-state index is 12.6. The van der Waals surface area contributed by atoms with Gasteiger partial charge in [0.1, 0.15) is 11.7 Å². The monoisotopic (exact) mass is 421 g/mol. The van der Waals surface area contributed by atoms with Gasteiger partial charge in [-0.3, -0.25) is 4.79 Å². The number of tetrazole rings is 1. The second kappa shape index (κ2) is 6.13. The van der Waals surface area contributed by atoms with Crippen LogP contribution in [0.1, 0.15) is 17.2 Å². The number of nitrogens with one attached hydrogen (secondary N) is 2. The van der Waals surface area contributed by atoms with Gasteiger partial charge in [0.15, 0.2) is 0 Å². The van der Waals surface area contributed by atoms with Gasteiger partial charge in [-0.25, -0.2) is 5.10 Å². The number of benzene rings is 2. The summed E-state index contributed by atoms with van der Waals surface area (Å²) in [5.74, 6) is 0.406. The van der Waals surface area contributed by atoms with E-state index in [-0.39, 0.29) is 5.56 Å². The molecule has 1 aliphatic heterocycles. The standard InChI is InChI=1S/C18H12BrN7O/c19-12-8-4-7-11(9-12)16-13-14(10-5-2-1-3-6-10)21-22-17(27)15(13)20-18-23-24-25-26(16)18/h1-9,16H,(H,22,27)(H,20,23,25)/t16-/m1/s1. The SMILES string of the molecule is O=c1[nH]nc(-c2ccccc2)c2c1Nc1nnnn1[C@@H]2c1cccc(Br)c1. The second-order valence-corrected chi connectivity index (χ2v) is 7.00. The van der Waals surface area contributed by atoms with Crippen molar-refractivity contribution in [2.24, 2.45) is 0 Å². The Morgan fingerprint density at radius 3 is 2.74 bits per heavy atom. The van der Waals surface area contributed by atoms with Gasteiger partial charge in [-0.2, -0.15) is 9.78 Å². The number of hydrogen-bond acceptors (Lipinski definition) is 6. The summed E-state index contributed by atoms with van der Waals surface area (Å²) in [6, 6.07) is 17.2. The first-order valence-electron chi connectivity index (χ1n) is 8.21. The summed E-state index contributed by atoms with van der Waals surface area (Å²) in [6.07, 6.45) is 0. The van der Waals surface area contributed by atoms with Crippen LogP contribution in [-0.2, 0) is 0 Å². The van der Waals surface area contributed by atoms with E-state index < -0.39 is 6.04 Å². The molecule has 0 amide bonds. The zero-order chi connectivity index (χ0) is 18.4. The lowest BCUT2D eigenvalue weighted by Crippen LogP contribution is -2.29. The van der Waals surface area contributed by atoms with E-state index >= 15 is 0 Å². The summed E-state index contributed by atoms with van der Waals surface area (Å²) < 4.78 is 2.59. The number of anilines is 2. The molecule has 0 radical (unpaired) electrons. The van der Waals surface area contributed by atoms with Crippen molar-refractivity contribution in [3.63, 3.8) is 0 Å². The zero-order valence-corrected chi connectivity index (χ0v) is 15.4. The first-order valence-corrected chi connectivity index (χ1v) is 9.00. The van der Waals surface area contributed by atoms with E-state index in [1.807, 2.05) is 54.6 Å². The van der Waals surface area contributed by atoms with Crippen molar-refractivity contribution < 1.29 is 0 Å². The third kappa shape index (κ3) is 2.55. The molecule has 2 aromatic carbocycles. The summed E-state index contributed by atoms with van der Waals surface area (Å²) in [5, 5.41) is 21.9. The number of nitrogens with zero attached hydrogens (tertiary/aromatic N) is 5. The Balaban J connectivity index is 1.84. The van der Waals surface area contributed by atoms with Crippen molar-refractivity contribution in [1.29, 1.82) is 0 Å². The van der Waals surface area contributed by atoms with Gasteiger partial charge in [0.2, 0.25) is 5.95 Å². The highest BCUT2D eigenvalue weighted by molar-refractivity contribution is 9.10. The molecule has 0 saturated carbocycles. The van der Waals surface area contributed by atoms with Crippen molar-refractivity contribution >= 4 is 27.6 Å². The van der Waals surface area contributed by atoms with Gasteiger partial charge in [0, 0.05) is 15.6 Å². The molecular formula is C18H12BrN7O. The molecule has 9 heteroatoms. The number of fused-ring (bicyclic) bond motifs is 2. The number of aromatic nitrogens is 6. The Morgan fingerprint density at radius 1 is 1.07 bits per heavy atom. The molecule has 27 heavy (non-hydrogen) atoms. The molecule has 0 bridgehead atoms. The van der Waals surface area contributed by atoms with Gasteiger partial charge in [-0.15, -0.1) is 0 Å². The fourth-order valence-electron chi connectivity index (χ4n) is 3.34. The number of rotatable bonds is 2. The maximum atomic E-state index is 12.6. The number of aromatic amines is 1. The topological polar surface area (TPSA) is 101 Å². The van der Waals surface area contributed by atoms with Crippen LogP contribution in [0.3, 0.4) is 0 Å². The normalized spacial score (nSPS) is 14.9. The van der Waals surface area contributed by atoms with E-state index in [2.05, 4.69) is 47.0 Å². The van der Waals surface area contributed by atoms with E-state index in [9.17, 15) is 4.79 Å². The first-order chi connectivity index (χ1) is 13.2. The van der Waals surface area contributed by atoms with Crippen molar-refractivity contribution in [1.82, 2.24) is 30.4 Å². The molecule has 132 valence electrons. The fraction of sp³-hybridized carbons (Fsp3) is 0.0556. The average Bonchev–Trinajstić information content (AvgIpc) is 3.16. The molecule has 0 fully saturated rings. The van der Waals surface area contributed by atoms with E-state index in [0.29, 0.717) is 17.3 Å². The van der Waals surface area contributed by atoms with Crippen LogP contribution in [0.2, 0.25) is 0 Å². The lowest BCUT2D eigenvalue weighted by molar-refractivity contribution is 0.567. The highest BCUT2D eigenvalue weighted by atomic mass is 79.9. The van der Waals surface area contributed by atoms with Gasteiger partial charge in [0.25, 0.3) is 5.56 Å². The minimum Gasteiger partial charge on any atom is -0.318 e. The molecule has 2 N–H and O–H groups in total.